The maximum absolute atomic E-state index is 2.35. The molecule has 1 nitrogen and oxygen atoms in total. The largest absolute Gasteiger partial charge is 0.380 e. The van der Waals surface area contributed by atoms with E-state index in [9.17, 15) is 0 Å². The number of rotatable bonds is 4. The van der Waals surface area contributed by atoms with Crippen LogP contribution < -0.4 is 10.6 Å². The molecule has 0 bridgehead atoms. The zero-order valence-electron chi connectivity index (χ0n) is 13.2. The van der Waals surface area contributed by atoms with Crippen LogP contribution in [-0.4, -0.2) is 19.0 Å². The molecule has 2 aromatic rings. The molecule has 1 aliphatic carbocycles. The average Bonchev–Trinajstić information content (AvgIpc) is 2.57. The van der Waals surface area contributed by atoms with Gasteiger partial charge < -0.3 is 4.90 Å². The van der Waals surface area contributed by atoms with E-state index in [0.29, 0.717) is 0 Å². The van der Waals surface area contributed by atoms with Gasteiger partial charge in [0, 0.05) is 25.1 Å². The summed E-state index contributed by atoms with van der Waals surface area (Å²) in [5, 5.41) is 4.33. The van der Waals surface area contributed by atoms with E-state index in [2.05, 4.69) is 91.8 Å². The molecule has 0 saturated carbocycles. The van der Waals surface area contributed by atoms with Gasteiger partial charge in [0.1, 0.15) is 0 Å². The van der Waals surface area contributed by atoms with E-state index in [4.69, 9.17) is 0 Å². The van der Waals surface area contributed by atoms with Gasteiger partial charge in [0.05, 0.1) is 0 Å². The highest BCUT2D eigenvalue weighted by molar-refractivity contribution is 7.77. The van der Waals surface area contributed by atoms with Crippen LogP contribution in [0.3, 0.4) is 0 Å². The summed E-state index contributed by atoms with van der Waals surface area (Å²) in [5.41, 5.74) is 1.47. The predicted molar refractivity (Wildman–Crippen MR) is 98.2 cm³/mol. The third-order valence-corrected chi connectivity index (χ3v) is 6.45. The third-order valence-electron chi connectivity index (χ3n) is 3.93. The van der Waals surface area contributed by atoms with Gasteiger partial charge in [0.25, 0.3) is 0 Å². The fourth-order valence-electron chi connectivity index (χ4n) is 2.88. The maximum atomic E-state index is 2.35. The first-order chi connectivity index (χ1) is 10.8. The van der Waals surface area contributed by atoms with E-state index in [1.807, 2.05) is 0 Å². The lowest BCUT2D eigenvalue weighted by molar-refractivity contribution is 0.484. The van der Waals surface area contributed by atoms with Crippen molar-refractivity contribution in [2.24, 2.45) is 0 Å². The summed E-state index contributed by atoms with van der Waals surface area (Å²) in [6.45, 7) is 0. The highest BCUT2D eigenvalue weighted by Crippen LogP contribution is 2.47. The van der Waals surface area contributed by atoms with Crippen LogP contribution in [-0.2, 0) is 0 Å². The summed E-state index contributed by atoms with van der Waals surface area (Å²) < 4.78 is 0. The minimum Gasteiger partial charge on any atom is -0.380 e. The van der Waals surface area contributed by atoms with Gasteiger partial charge in [0.15, 0.2) is 0 Å². The predicted octanol–water partition coefficient (Wildman–Crippen LogP) is 4.24. The SMILES string of the molecule is CN(C)C1=C(P(c2ccccc2)c2ccccc2)C=CCC1. The Balaban J connectivity index is 2.16. The van der Waals surface area contributed by atoms with E-state index in [1.165, 1.54) is 21.6 Å². The number of allylic oxidation sites excluding steroid dienone is 4. The first kappa shape index (κ1) is 15.1. The Kier molecular flexibility index (Phi) is 4.75. The first-order valence-corrected chi connectivity index (χ1v) is 9.09. The van der Waals surface area contributed by atoms with Crippen LogP contribution in [0, 0.1) is 0 Å². The molecule has 2 heteroatoms. The molecule has 0 amide bonds. The van der Waals surface area contributed by atoms with Crippen molar-refractivity contribution in [3.63, 3.8) is 0 Å². The first-order valence-electron chi connectivity index (χ1n) is 7.74. The van der Waals surface area contributed by atoms with Crippen LogP contribution in [0.4, 0.5) is 0 Å². The fourth-order valence-corrected chi connectivity index (χ4v) is 5.50. The summed E-state index contributed by atoms with van der Waals surface area (Å²) in [7, 11) is 3.84. The van der Waals surface area contributed by atoms with Crippen LogP contribution in [0.2, 0.25) is 0 Å². The van der Waals surface area contributed by atoms with Gasteiger partial charge in [-0.25, -0.2) is 0 Å². The lowest BCUT2D eigenvalue weighted by Crippen LogP contribution is -2.19. The Hall–Kier alpha value is -1.85. The molecule has 0 radical (unpaired) electrons. The smallest absolute Gasteiger partial charge is 0.0215 e. The van der Waals surface area contributed by atoms with Crippen molar-refractivity contribution in [2.45, 2.75) is 12.8 Å². The molecule has 0 saturated heterocycles. The summed E-state index contributed by atoms with van der Waals surface area (Å²) in [6, 6.07) is 21.9. The lowest BCUT2D eigenvalue weighted by Gasteiger charge is -2.29. The molecule has 0 unspecified atom stereocenters. The second-order valence-electron chi connectivity index (χ2n) is 5.67. The molecule has 1 aliphatic rings. The molecule has 0 atom stereocenters. The molecule has 2 aromatic carbocycles. The van der Waals surface area contributed by atoms with E-state index < -0.39 is 7.92 Å². The number of hydrogen-bond acceptors (Lipinski definition) is 1. The zero-order valence-corrected chi connectivity index (χ0v) is 14.1. The molecule has 0 fully saturated rings. The molecule has 0 heterocycles. The zero-order chi connectivity index (χ0) is 15.4. The molecule has 22 heavy (non-hydrogen) atoms. The van der Waals surface area contributed by atoms with E-state index >= 15 is 0 Å². The summed E-state index contributed by atoms with van der Waals surface area (Å²) in [6.07, 6.45) is 6.95. The Morgan fingerprint density at radius 3 is 1.86 bits per heavy atom. The molecule has 0 aliphatic heterocycles. The topological polar surface area (TPSA) is 3.24 Å². The average molecular weight is 307 g/mol. The van der Waals surface area contributed by atoms with Crippen molar-refractivity contribution in [1.82, 2.24) is 4.90 Å². The van der Waals surface area contributed by atoms with Gasteiger partial charge in [-0.1, -0.05) is 72.8 Å². The molecule has 112 valence electrons. The van der Waals surface area contributed by atoms with Crippen molar-refractivity contribution < 1.29 is 0 Å². The van der Waals surface area contributed by atoms with E-state index in [-0.39, 0.29) is 0 Å². The molecular weight excluding hydrogens is 285 g/mol. The molecule has 3 rings (SSSR count). The molecule has 0 spiro atoms. The highest BCUT2D eigenvalue weighted by Gasteiger charge is 2.22. The monoisotopic (exact) mass is 307 g/mol. The minimum absolute atomic E-state index is 0.490. The normalized spacial score (nSPS) is 14.5. The van der Waals surface area contributed by atoms with E-state index in [1.54, 1.807) is 0 Å². The fraction of sp³-hybridized carbons (Fsp3) is 0.200. The second kappa shape index (κ2) is 6.94. The number of nitrogens with zero attached hydrogens (tertiary/aromatic N) is 1. The van der Waals surface area contributed by atoms with Crippen molar-refractivity contribution in [3.05, 3.63) is 83.8 Å². The van der Waals surface area contributed by atoms with Gasteiger partial charge in [-0.3, -0.25) is 0 Å². The van der Waals surface area contributed by atoms with Gasteiger partial charge in [-0.15, -0.1) is 0 Å². The number of benzene rings is 2. The van der Waals surface area contributed by atoms with Crippen molar-refractivity contribution >= 4 is 18.5 Å². The summed E-state index contributed by atoms with van der Waals surface area (Å²) in [5.74, 6) is 0. The quantitative estimate of drug-likeness (QED) is 0.764. The van der Waals surface area contributed by atoms with Crippen molar-refractivity contribution in [2.75, 3.05) is 14.1 Å². The Morgan fingerprint density at radius 2 is 1.36 bits per heavy atom. The Labute approximate surface area is 134 Å². The van der Waals surface area contributed by atoms with Crippen LogP contribution in [0.25, 0.3) is 0 Å². The van der Waals surface area contributed by atoms with Gasteiger partial charge >= 0.3 is 0 Å². The molecule has 0 N–H and O–H groups in total. The van der Waals surface area contributed by atoms with Crippen LogP contribution >= 0.6 is 7.92 Å². The van der Waals surface area contributed by atoms with E-state index in [0.717, 1.165) is 12.8 Å². The third kappa shape index (κ3) is 3.15. The van der Waals surface area contributed by atoms with Gasteiger partial charge in [0.2, 0.25) is 0 Å². The standard InChI is InChI=1S/C20H22NP/c1-21(2)19-15-9-10-16-20(19)22(17-11-5-3-6-12-17)18-13-7-4-8-14-18/h3-8,10-14,16H,9,15H2,1-2H3. The van der Waals surface area contributed by atoms with Crippen molar-refractivity contribution in [1.29, 1.82) is 0 Å². The molecule has 0 aromatic heterocycles. The molecular formula is C20H22NP. The van der Waals surface area contributed by atoms with Crippen LogP contribution in [0.1, 0.15) is 12.8 Å². The second-order valence-corrected chi connectivity index (χ2v) is 7.86. The van der Waals surface area contributed by atoms with Crippen molar-refractivity contribution in [3.8, 4) is 0 Å². The number of hydrogen-bond donors (Lipinski definition) is 0. The Bertz CT molecular complexity index is 632. The van der Waals surface area contributed by atoms with Crippen LogP contribution in [0.5, 0.6) is 0 Å². The minimum atomic E-state index is -0.490. The summed E-state index contributed by atoms with van der Waals surface area (Å²) in [4.78, 5) is 2.29. The van der Waals surface area contributed by atoms with Crippen LogP contribution in [0.15, 0.2) is 83.8 Å². The summed E-state index contributed by atoms with van der Waals surface area (Å²) >= 11 is 0. The van der Waals surface area contributed by atoms with Gasteiger partial charge in [-0.05, 0) is 31.4 Å². The van der Waals surface area contributed by atoms with Gasteiger partial charge in [-0.2, -0.15) is 0 Å². The Morgan fingerprint density at radius 1 is 0.818 bits per heavy atom. The maximum Gasteiger partial charge on any atom is 0.0215 e. The lowest BCUT2D eigenvalue weighted by atomic mass is 10.1. The highest BCUT2D eigenvalue weighted by atomic mass is 31.1.